The highest BCUT2D eigenvalue weighted by Gasteiger charge is 2.39. The van der Waals surface area contributed by atoms with Crippen molar-refractivity contribution in [1.82, 2.24) is 20.2 Å². The Morgan fingerprint density at radius 3 is 2.60 bits per heavy atom. The summed E-state index contributed by atoms with van der Waals surface area (Å²) < 4.78 is 11.4. The molecule has 0 radical (unpaired) electrons. The van der Waals surface area contributed by atoms with Gasteiger partial charge >= 0.3 is 0 Å². The molecule has 0 fully saturated rings. The van der Waals surface area contributed by atoms with Gasteiger partial charge in [0.15, 0.2) is 5.60 Å². The Kier molecular flexibility index (Phi) is 5.65. The van der Waals surface area contributed by atoms with Crippen LogP contribution in [0.1, 0.15) is 41.7 Å². The SMILES string of the molecule is Cc1nnc(-c2cnc(Nc3ccc4c(c3)OC(C)(C)C4=O)nc2N[C@H](CO)c2ccccc2)o1. The van der Waals surface area contributed by atoms with E-state index in [1.54, 1.807) is 45.2 Å². The highest BCUT2D eigenvalue weighted by Crippen LogP contribution is 2.37. The Morgan fingerprint density at radius 2 is 1.89 bits per heavy atom. The number of aromatic nitrogens is 4. The monoisotopic (exact) mass is 472 g/mol. The summed E-state index contributed by atoms with van der Waals surface area (Å²) in [6.45, 7) is 5.02. The molecule has 0 saturated carbocycles. The van der Waals surface area contributed by atoms with Crippen LogP contribution in [-0.2, 0) is 0 Å². The van der Waals surface area contributed by atoms with Crippen molar-refractivity contribution in [3.8, 4) is 17.2 Å². The standard InChI is InChI=1S/C25H24N6O4/c1-14-30-31-23(34-14)18-12-26-24(29-22(18)28-19(13-32)15-7-5-4-6-8-15)27-16-9-10-17-20(11-16)35-25(2,3)21(17)33/h4-12,19,32H,13H2,1-3H3,(H2,26,27,28,29)/t19-/m1/s1. The van der Waals surface area contributed by atoms with Crippen LogP contribution in [0.4, 0.5) is 17.5 Å². The molecule has 0 aliphatic carbocycles. The summed E-state index contributed by atoms with van der Waals surface area (Å²) in [6.07, 6.45) is 1.57. The number of anilines is 3. The van der Waals surface area contributed by atoms with Crippen LogP contribution in [0.2, 0.25) is 0 Å². The van der Waals surface area contributed by atoms with E-state index in [1.807, 2.05) is 30.3 Å². The number of aliphatic hydroxyl groups excluding tert-OH is 1. The van der Waals surface area contributed by atoms with Crippen molar-refractivity contribution in [3.05, 3.63) is 71.7 Å². The maximum Gasteiger partial charge on any atom is 0.253 e. The molecular formula is C25H24N6O4. The second-order valence-corrected chi connectivity index (χ2v) is 8.65. The molecule has 10 nitrogen and oxygen atoms in total. The van der Waals surface area contributed by atoms with Gasteiger partial charge in [-0.2, -0.15) is 4.98 Å². The van der Waals surface area contributed by atoms with Gasteiger partial charge in [-0.15, -0.1) is 10.2 Å². The highest BCUT2D eigenvalue weighted by atomic mass is 16.5. The average Bonchev–Trinajstić information content (AvgIpc) is 3.37. The molecule has 5 rings (SSSR count). The number of hydrogen-bond acceptors (Lipinski definition) is 10. The van der Waals surface area contributed by atoms with E-state index in [-0.39, 0.29) is 18.3 Å². The Bertz CT molecular complexity index is 1390. The zero-order valence-corrected chi connectivity index (χ0v) is 19.4. The molecule has 1 aliphatic heterocycles. The topological polar surface area (TPSA) is 135 Å². The maximum absolute atomic E-state index is 12.4. The van der Waals surface area contributed by atoms with E-state index in [2.05, 4.69) is 30.8 Å². The maximum atomic E-state index is 12.4. The number of rotatable bonds is 7. The third-order valence-corrected chi connectivity index (χ3v) is 5.63. The summed E-state index contributed by atoms with van der Waals surface area (Å²) in [5.74, 6) is 1.81. The van der Waals surface area contributed by atoms with Crippen molar-refractivity contribution >= 4 is 23.2 Å². The van der Waals surface area contributed by atoms with Gasteiger partial charge in [0.25, 0.3) is 5.89 Å². The quantitative estimate of drug-likeness (QED) is 0.361. The lowest BCUT2D eigenvalue weighted by Crippen LogP contribution is -2.31. The molecule has 0 bridgehead atoms. The van der Waals surface area contributed by atoms with Crippen molar-refractivity contribution in [2.45, 2.75) is 32.4 Å². The van der Waals surface area contributed by atoms with Crippen molar-refractivity contribution < 1.29 is 19.1 Å². The minimum Gasteiger partial charge on any atom is -0.479 e. The molecule has 0 spiro atoms. The lowest BCUT2D eigenvalue weighted by Gasteiger charge is -2.19. The van der Waals surface area contributed by atoms with Crippen molar-refractivity contribution in [2.24, 2.45) is 0 Å². The van der Waals surface area contributed by atoms with E-state index in [9.17, 15) is 9.90 Å². The van der Waals surface area contributed by atoms with E-state index in [0.29, 0.717) is 40.2 Å². The van der Waals surface area contributed by atoms with Crippen molar-refractivity contribution in [1.29, 1.82) is 0 Å². The predicted octanol–water partition coefficient (Wildman–Crippen LogP) is 4.08. The first-order valence-corrected chi connectivity index (χ1v) is 11.1. The second kappa shape index (κ2) is 8.80. The van der Waals surface area contributed by atoms with Gasteiger partial charge in [0.2, 0.25) is 17.6 Å². The first-order chi connectivity index (χ1) is 16.8. The number of ketones is 1. The number of carbonyl (C=O) groups is 1. The van der Waals surface area contributed by atoms with Gasteiger partial charge < -0.3 is 24.9 Å². The lowest BCUT2D eigenvalue weighted by atomic mass is 10.00. The summed E-state index contributed by atoms with van der Waals surface area (Å²) in [5, 5.41) is 24.5. The molecule has 3 N–H and O–H groups in total. The predicted molar refractivity (Wildman–Crippen MR) is 129 cm³/mol. The number of nitrogens with zero attached hydrogens (tertiary/aromatic N) is 4. The number of benzene rings is 2. The second-order valence-electron chi connectivity index (χ2n) is 8.65. The third kappa shape index (κ3) is 4.43. The number of ether oxygens (including phenoxy) is 1. The number of aryl methyl sites for hydroxylation is 1. The van der Waals surface area contributed by atoms with Crippen molar-refractivity contribution in [3.63, 3.8) is 0 Å². The smallest absolute Gasteiger partial charge is 0.253 e. The van der Waals surface area contributed by atoms with Crippen LogP contribution in [0.5, 0.6) is 5.75 Å². The molecule has 1 aliphatic rings. The van der Waals surface area contributed by atoms with Crippen LogP contribution >= 0.6 is 0 Å². The number of Topliss-reactive ketones (excluding diaryl/α,β-unsaturated/α-hetero) is 1. The summed E-state index contributed by atoms with van der Waals surface area (Å²) in [4.78, 5) is 21.5. The molecule has 0 saturated heterocycles. The lowest BCUT2D eigenvalue weighted by molar-refractivity contribution is 0.0684. The van der Waals surface area contributed by atoms with E-state index in [1.165, 1.54) is 0 Å². The molecule has 0 unspecified atom stereocenters. The van der Waals surface area contributed by atoms with Crippen LogP contribution in [0.3, 0.4) is 0 Å². The number of aliphatic hydroxyl groups is 1. The Morgan fingerprint density at radius 1 is 1.09 bits per heavy atom. The van der Waals surface area contributed by atoms with Gasteiger partial charge in [-0.1, -0.05) is 30.3 Å². The van der Waals surface area contributed by atoms with E-state index < -0.39 is 11.6 Å². The number of fused-ring (bicyclic) bond motifs is 1. The number of hydrogen-bond donors (Lipinski definition) is 3. The Labute approximate surface area is 201 Å². The zero-order valence-electron chi connectivity index (χ0n) is 19.4. The molecule has 3 heterocycles. The van der Waals surface area contributed by atoms with Gasteiger partial charge in [-0.3, -0.25) is 4.79 Å². The van der Waals surface area contributed by atoms with Crippen LogP contribution in [0.25, 0.3) is 11.5 Å². The molecule has 35 heavy (non-hydrogen) atoms. The summed E-state index contributed by atoms with van der Waals surface area (Å²) in [7, 11) is 0. The third-order valence-electron chi connectivity index (χ3n) is 5.63. The Balaban J connectivity index is 1.48. The molecule has 178 valence electrons. The zero-order chi connectivity index (χ0) is 24.6. The van der Waals surface area contributed by atoms with E-state index >= 15 is 0 Å². The minimum atomic E-state index is -0.894. The van der Waals surface area contributed by atoms with Gasteiger partial charge in [0, 0.05) is 24.9 Å². The van der Waals surface area contributed by atoms with Crippen LogP contribution in [0.15, 0.2) is 59.1 Å². The van der Waals surface area contributed by atoms with Gasteiger partial charge in [0.1, 0.15) is 11.6 Å². The fourth-order valence-electron chi connectivity index (χ4n) is 3.85. The number of carbonyl (C=O) groups excluding carboxylic acids is 1. The molecule has 0 amide bonds. The average molecular weight is 473 g/mol. The minimum absolute atomic E-state index is 0.0584. The fraction of sp³-hybridized carbons (Fsp3) is 0.240. The number of nitrogens with one attached hydrogen (secondary N) is 2. The first-order valence-electron chi connectivity index (χ1n) is 11.1. The molecular weight excluding hydrogens is 448 g/mol. The highest BCUT2D eigenvalue weighted by molar-refractivity contribution is 6.07. The van der Waals surface area contributed by atoms with Gasteiger partial charge in [-0.25, -0.2) is 4.98 Å². The van der Waals surface area contributed by atoms with E-state index in [4.69, 9.17) is 9.15 Å². The molecule has 2 aromatic carbocycles. The Hall–Kier alpha value is -4.31. The van der Waals surface area contributed by atoms with E-state index in [0.717, 1.165) is 5.56 Å². The molecule has 1 atom stereocenters. The first kappa shape index (κ1) is 22.5. The van der Waals surface area contributed by atoms with Gasteiger partial charge in [-0.05, 0) is 31.5 Å². The summed E-state index contributed by atoms with van der Waals surface area (Å²) in [5.41, 5.74) is 1.69. The van der Waals surface area contributed by atoms with Crippen LogP contribution < -0.4 is 15.4 Å². The summed E-state index contributed by atoms with van der Waals surface area (Å²) >= 11 is 0. The molecule has 10 heteroatoms. The van der Waals surface area contributed by atoms with Crippen LogP contribution in [0, 0.1) is 6.92 Å². The van der Waals surface area contributed by atoms with Crippen LogP contribution in [-0.4, -0.2) is 43.3 Å². The normalized spacial score (nSPS) is 14.8. The van der Waals surface area contributed by atoms with Gasteiger partial charge in [0.05, 0.1) is 23.8 Å². The largest absolute Gasteiger partial charge is 0.479 e. The summed E-state index contributed by atoms with van der Waals surface area (Å²) in [6, 6.07) is 14.3. The van der Waals surface area contributed by atoms with Crippen molar-refractivity contribution in [2.75, 3.05) is 17.2 Å². The molecule has 4 aromatic rings. The fourth-order valence-corrected chi connectivity index (χ4v) is 3.85. The molecule has 2 aromatic heterocycles.